The van der Waals surface area contributed by atoms with E-state index in [2.05, 4.69) is 20.8 Å². The first kappa shape index (κ1) is 12.9. The van der Waals surface area contributed by atoms with E-state index in [1.165, 1.54) is 0 Å². The third-order valence-corrected chi connectivity index (χ3v) is 1.83. The number of aliphatic hydroxyl groups excluding tert-OH is 1. The molecule has 0 rings (SSSR count). The van der Waals surface area contributed by atoms with Crippen LogP contribution in [-0.2, 0) is 4.74 Å². The zero-order chi connectivity index (χ0) is 10.3. The average Bonchev–Trinajstić information content (AvgIpc) is 1.97. The van der Waals surface area contributed by atoms with Crippen molar-refractivity contribution in [3.8, 4) is 0 Å². The fourth-order valence-electron chi connectivity index (χ4n) is 0.862. The van der Waals surface area contributed by atoms with Crippen molar-refractivity contribution in [1.82, 2.24) is 0 Å². The summed E-state index contributed by atoms with van der Waals surface area (Å²) in [6.45, 7) is 8.00. The molecule has 1 atom stereocenters. The van der Waals surface area contributed by atoms with Crippen LogP contribution in [0.3, 0.4) is 0 Å². The maximum atomic E-state index is 8.59. The number of aliphatic hydroxyl groups is 1. The molecule has 3 heteroatoms. The predicted molar refractivity (Wildman–Crippen MR) is 54.6 cm³/mol. The van der Waals surface area contributed by atoms with E-state index >= 15 is 0 Å². The van der Waals surface area contributed by atoms with Gasteiger partial charge in [0, 0.05) is 19.3 Å². The molecule has 0 saturated heterocycles. The van der Waals surface area contributed by atoms with Gasteiger partial charge in [-0.2, -0.15) is 0 Å². The molecule has 3 N–H and O–H groups in total. The molecule has 0 aliphatic rings. The summed E-state index contributed by atoms with van der Waals surface area (Å²) in [4.78, 5) is 0. The lowest BCUT2D eigenvalue weighted by Crippen LogP contribution is -2.28. The molecule has 0 radical (unpaired) electrons. The molecule has 0 fully saturated rings. The van der Waals surface area contributed by atoms with Crippen molar-refractivity contribution in [2.75, 3.05) is 19.8 Å². The molecule has 0 aliphatic carbocycles. The van der Waals surface area contributed by atoms with Crippen molar-refractivity contribution in [2.24, 2.45) is 11.1 Å². The number of hydrogen-bond acceptors (Lipinski definition) is 3. The van der Waals surface area contributed by atoms with Crippen molar-refractivity contribution in [3.63, 3.8) is 0 Å². The molecule has 0 heterocycles. The Bertz CT molecular complexity index is 121. The van der Waals surface area contributed by atoms with Gasteiger partial charge in [0.1, 0.15) is 0 Å². The normalized spacial score (nSPS) is 14.5. The highest BCUT2D eigenvalue weighted by atomic mass is 16.5. The van der Waals surface area contributed by atoms with Crippen molar-refractivity contribution < 1.29 is 9.84 Å². The summed E-state index contributed by atoms with van der Waals surface area (Å²) in [6, 6.07) is -0.0232. The minimum Gasteiger partial charge on any atom is -0.396 e. The van der Waals surface area contributed by atoms with Gasteiger partial charge in [-0.05, 0) is 18.3 Å². The average molecular weight is 189 g/mol. The Morgan fingerprint density at radius 3 is 2.46 bits per heavy atom. The van der Waals surface area contributed by atoms with Crippen LogP contribution in [0.5, 0.6) is 0 Å². The third kappa shape index (κ3) is 9.80. The second-order valence-electron chi connectivity index (χ2n) is 4.66. The highest BCUT2D eigenvalue weighted by Crippen LogP contribution is 2.17. The SMILES string of the molecule is CC(C)(C)CCOCC(N)CCO. The van der Waals surface area contributed by atoms with Gasteiger partial charge < -0.3 is 15.6 Å². The molecule has 1 unspecified atom stereocenters. The molecular formula is C10H23NO2. The highest BCUT2D eigenvalue weighted by Gasteiger charge is 2.09. The zero-order valence-electron chi connectivity index (χ0n) is 9.05. The van der Waals surface area contributed by atoms with Crippen LogP contribution in [0, 0.1) is 5.41 Å². The highest BCUT2D eigenvalue weighted by molar-refractivity contribution is 4.62. The standard InChI is InChI=1S/C10H23NO2/c1-10(2,3)5-7-13-8-9(11)4-6-12/h9,12H,4-8,11H2,1-3H3. The molecule has 0 aromatic heterocycles. The molecule has 3 nitrogen and oxygen atoms in total. The molecule has 0 aromatic carbocycles. The van der Waals surface area contributed by atoms with Crippen LogP contribution in [-0.4, -0.2) is 31.0 Å². The Morgan fingerprint density at radius 1 is 1.38 bits per heavy atom. The quantitative estimate of drug-likeness (QED) is 0.616. The number of hydrogen-bond donors (Lipinski definition) is 2. The van der Waals surface area contributed by atoms with Gasteiger partial charge in [-0.1, -0.05) is 20.8 Å². The van der Waals surface area contributed by atoms with Gasteiger partial charge in [0.2, 0.25) is 0 Å². The number of nitrogens with two attached hydrogens (primary N) is 1. The lowest BCUT2D eigenvalue weighted by molar-refractivity contribution is 0.0914. The van der Waals surface area contributed by atoms with Gasteiger partial charge >= 0.3 is 0 Å². The Kier molecular flexibility index (Phi) is 6.29. The van der Waals surface area contributed by atoms with Crippen LogP contribution >= 0.6 is 0 Å². The van der Waals surface area contributed by atoms with Crippen LogP contribution < -0.4 is 5.73 Å². The smallest absolute Gasteiger partial charge is 0.0618 e. The van der Waals surface area contributed by atoms with Gasteiger partial charge in [0.05, 0.1) is 6.61 Å². The van der Waals surface area contributed by atoms with E-state index in [-0.39, 0.29) is 12.6 Å². The lowest BCUT2D eigenvalue weighted by atomic mass is 9.93. The van der Waals surface area contributed by atoms with E-state index in [1.54, 1.807) is 0 Å². The van der Waals surface area contributed by atoms with Gasteiger partial charge in [-0.3, -0.25) is 0 Å². The minimum absolute atomic E-state index is 0.0232. The predicted octanol–water partition coefficient (Wildman–Crippen LogP) is 1.15. The topological polar surface area (TPSA) is 55.5 Å². The fourth-order valence-corrected chi connectivity index (χ4v) is 0.862. The summed E-state index contributed by atoms with van der Waals surface area (Å²) in [5, 5.41) is 8.59. The van der Waals surface area contributed by atoms with E-state index in [0.717, 1.165) is 13.0 Å². The van der Waals surface area contributed by atoms with Gasteiger partial charge in [-0.15, -0.1) is 0 Å². The Morgan fingerprint density at radius 2 is 2.00 bits per heavy atom. The zero-order valence-corrected chi connectivity index (χ0v) is 9.05. The van der Waals surface area contributed by atoms with E-state index in [4.69, 9.17) is 15.6 Å². The second kappa shape index (κ2) is 6.35. The van der Waals surface area contributed by atoms with Gasteiger partial charge in [0.25, 0.3) is 0 Å². The molecule has 0 spiro atoms. The van der Waals surface area contributed by atoms with Crippen LogP contribution in [0.4, 0.5) is 0 Å². The van der Waals surface area contributed by atoms with E-state index in [9.17, 15) is 0 Å². The molecule has 0 aliphatic heterocycles. The van der Waals surface area contributed by atoms with Crippen molar-refractivity contribution in [1.29, 1.82) is 0 Å². The van der Waals surface area contributed by atoms with Gasteiger partial charge in [0.15, 0.2) is 0 Å². The Balaban J connectivity index is 3.25. The fraction of sp³-hybridized carbons (Fsp3) is 1.00. The molecule has 13 heavy (non-hydrogen) atoms. The minimum atomic E-state index is -0.0232. The van der Waals surface area contributed by atoms with Gasteiger partial charge in [-0.25, -0.2) is 0 Å². The molecule has 0 bridgehead atoms. The number of rotatable bonds is 6. The Labute approximate surface area is 81.3 Å². The van der Waals surface area contributed by atoms with Crippen LogP contribution in [0.25, 0.3) is 0 Å². The van der Waals surface area contributed by atoms with E-state index in [1.807, 2.05) is 0 Å². The first-order valence-electron chi connectivity index (χ1n) is 4.90. The number of ether oxygens (including phenoxy) is 1. The largest absolute Gasteiger partial charge is 0.396 e. The van der Waals surface area contributed by atoms with Crippen molar-refractivity contribution >= 4 is 0 Å². The monoisotopic (exact) mass is 189 g/mol. The summed E-state index contributed by atoms with van der Waals surface area (Å²) in [5.74, 6) is 0. The first-order valence-corrected chi connectivity index (χ1v) is 4.90. The summed E-state index contributed by atoms with van der Waals surface area (Å²) < 4.78 is 5.39. The Hall–Kier alpha value is -0.120. The van der Waals surface area contributed by atoms with Crippen LogP contribution in [0.2, 0.25) is 0 Å². The third-order valence-electron chi connectivity index (χ3n) is 1.83. The summed E-state index contributed by atoms with van der Waals surface area (Å²) in [5.41, 5.74) is 5.97. The van der Waals surface area contributed by atoms with E-state index in [0.29, 0.717) is 18.4 Å². The van der Waals surface area contributed by atoms with Crippen molar-refractivity contribution in [3.05, 3.63) is 0 Å². The second-order valence-corrected chi connectivity index (χ2v) is 4.66. The molecular weight excluding hydrogens is 166 g/mol. The molecule has 80 valence electrons. The maximum Gasteiger partial charge on any atom is 0.0618 e. The van der Waals surface area contributed by atoms with Crippen LogP contribution in [0.15, 0.2) is 0 Å². The molecule has 0 amide bonds. The molecule has 0 saturated carbocycles. The lowest BCUT2D eigenvalue weighted by Gasteiger charge is -2.18. The first-order chi connectivity index (χ1) is 5.95. The van der Waals surface area contributed by atoms with Crippen LogP contribution in [0.1, 0.15) is 33.6 Å². The van der Waals surface area contributed by atoms with E-state index < -0.39 is 0 Å². The summed E-state index contributed by atoms with van der Waals surface area (Å²) >= 11 is 0. The van der Waals surface area contributed by atoms with Crippen molar-refractivity contribution in [2.45, 2.75) is 39.7 Å². The maximum absolute atomic E-state index is 8.59. The summed E-state index contributed by atoms with van der Waals surface area (Å²) in [6.07, 6.45) is 1.66. The summed E-state index contributed by atoms with van der Waals surface area (Å²) in [7, 11) is 0. The molecule has 0 aromatic rings.